The van der Waals surface area contributed by atoms with Crippen LogP contribution in [-0.4, -0.2) is 59.0 Å². The lowest BCUT2D eigenvalue weighted by Crippen LogP contribution is -2.43. The molecule has 0 heterocycles. The molecular weight excluding hydrogens is 232 g/mol. The summed E-state index contributed by atoms with van der Waals surface area (Å²) in [5, 5.41) is 8.83. The van der Waals surface area contributed by atoms with Crippen molar-refractivity contribution in [2.75, 3.05) is 26.2 Å². The number of carboxylic acids is 1. The monoisotopic (exact) mass is 254 g/mol. The van der Waals surface area contributed by atoms with Crippen molar-refractivity contribution in [3.05, 3.63) is 12.2 Å². The highest BCUT2D eigenvalue weighted by Gasteiger charge is 2.32. The largest absolute Gasteiger partial charge is 0.480 e. The fraction of sp³-hybridized carbons (Fsp3) is 0.692. The molecule has 0 atom stereocenters. The van der Waals surface area contributed by atoms with Crippen LogP contribution in [0.2, 0.25) is 0 Å². The van der Waals surface area contributed by atoms with E-state index >= 15 is 0 Å². The Hall–Kier alpha value is -1.36. The number of carbonyl (C=O) groups excluding carboxylic acids is 1. The molecule has 1 aliphatic carbocycles. The first-order valence-electron chi connectivity index (χ1n) is 6.32. The lowest BCUT2D eigenvalue weighted by molar-refractivity contribution is -0.139. The molecule has 0 radical (unpaired) electrons. The van der Waals surface area contributed by atoms with Gasteiger partial charge in [-0.1, -0.05) is 12.2 Å². The Morgan fingerprint density at radius 1 is 1.28 bits per heavy atom. The molecule has 1 amide bonds. The van der Waals surface area contributed by atoms with Gasteiger partial charge in [0.2, 0.25) is 5.91 Å². The number of carboxylic acid groups (broad SMARTS) is 1. The van der Waals surface area contributed by atoms with Crippen LogP contribution in [0.3, 0.4) is 0 Å². The smallest absolute Gasteiger partial charge is 0.317 e. The van der Waals surface area contributed by atoms with E-state index in [-0.39, 0.29) is 25.0 Å². The minimum absolute atomic E-state index is 0.0198. The van der Waals surface area contributed by atoms with Gasteiger partial charge in [0.1, 0.15) is 0 Å². The van der Waals surface area contributed by atoms with Crippen molar-refractivity contribution in [1.82, 2.24) is 9.80 Å². The van der Waals surface area contributed by atoms with Gasteiger partial charge in [0.25, 0.3) is 0 Å². The highest BCUT2D eigenvalue weighted by molar-refractivity contribution is 5.79. The molecule has 0 aromatic carbocycles. The van der Waals surface area contributed by atoms with E-state index in [4.69, 9.17) is 5.11 Å². The second-order valence-corrected chi connectivity index (χ2v) is 4.89. The second kappa shape index (κ2) is 6.54. The standard InChI is InChI=1S/C13H22N2O3/c1-4-14(7-10(2)3)12(16)8-15(9-13(17)18)11-5-6-11/h11H,2,4-9H2,1,3H3,(H,17,18). The number of nitrogens with zero attached hydrogens (tertiary/aromatic N) is 2. The molecule has 1 fully saturated rings. The molecule has 102 valence electrons. The van der Waals surface area contributed by atoms with Crippen LogP contribution in [0.25, 0.3) is 0 Å². The van der Waals surface area contributed by atoms with Gasteiger partial charge in [-0.15, -0.1) is 0 Å². The number of likely N-dealkylation sites (N-methyl/N-ethyl adjacent to an activating group) is 1. The maximum Gasteiger partial charge on any atom is 0.317 e. The molecule has 18 heavy (non-hydrogen) atoms. The fourth-order valence-corrected chi connectivity index (χ4v) is 1.90. The Morgan fingerprint density at radius 2 is 1.89 bits per heavy atom. The minimum atomic E-state index is -0.877. The Labute approximate surface area is 108 Å². The number of rotatable bonds is 8. The lowest BCUT2D eigenvalue weighted by Gasteiger charge is -2.25. The highest BCUT2D eigenvalue weighted by Crippen LogP contribution is 2.26. The Morgan fingerprint density at radius 3 is 2.28 bits per heavy atom. The van der Waals surface area contributed by atoms with Crippen LogP contribution in [0.5, 0.6) is 0 Å². The zero-order valence-electron chi connectivity index (χ0n) is 11.2. The normalized spacial score (nSPS) is 14.6. The Bertz CT molecular complexity index is 337. The summed E-state index contributed by atoms with van der Waals surface area (Å²) in [6, 6.07) is 0.272. The van der Waals surface area contributed by atoms with E-state index in [2.05, 4.69) is 6.58 Å². The van der Waals surface area contributed by atoms with Crippen molar-refractivity contribution in [2.45, 2.75) is 32.7 Å². The van der Waals surface area contributed by atoms with Crippen molar-refractivity contribution in [3.63, 3.8) is 0 Å². The van der Waals surface area contributed by atoms with Gasteiger partial charge in [0.15, 0.2) is 0 Å². The van der Waals surface area contributed by atoms with E-state index in [0.29, 0.717) is 13.1 Å². The third kappa shape index (κ3) is 4.87. The van der Waals surface area contributed by atoms with Crippen LogP contribution in [0.4, 0.5) is 0 Å². The molecule has 1 aliphatic rings. The predicted molar refractivity (Wildman–Crippen MR) is 69.3 cm³/mol. The maximum absolute atomic E-state index is 12.1. The molecule has 5 nitrogen and oxygen atoms in total. The van der Waals surface area contributed by atoms with Gasteiger partial charge in [0.05, 0.1) is 13.1 Å². The molecule has 1 rings (SSSR count). The molecule has 0 bridgehead atoms. The summed E-state index contributed by atoms with van der Waals surface area (Å²) in [7, 11) is 0. The number of amides is 1. The third-order valence-corrected chi connectivity index (χ3v) is 2.94. The van der Waals surface area contributed by atoms with Gasteiger partial charge in [-0.3, -0.25) is 14.5 Å². The number of aliphatic carboxylic acids is 1. The number of hydrogen-bond acceptors (Lipinski definition) is 3. The van der Waals surface area contributed by atoms with Crippen LogP contribution < -0.4 is 0 Å². The molecule has 0 aromatic rings. The first-order chi connectivity index (χ1) is 8.43. The summed E-state index contributed by atoms with van der Waals surface area (Å²) in [5.41, 5.74) is 0.932. The van der Waals surface area contributed by atoms with E-state index in [9.17, 15) is 9.59 Å². The van der Waals surface area contributed by atoms with Gasteiger partial charge < -0.3 is 10.0 Å². The van der Waals surface area contributed by atoms with E-state index < -0.39 is 5.97 Å². The van der Waals surface area contributed by atoms with E-state index in [0.717, 1.165) is 18.4 Å². The molecule has 5 heteroatoms. The summed E-state index contributed by atoms with van der Waals surface area (Å²) in [6.07, 6.45) is 1.99. The van der Waals surface area contributed by atoms with E-state index in [1.807, 2.05) is 13.8 Å². The maximum atomic E-state index is 12.1. The molecule has 0 unspecified atom stereocenters. The third-order valence-electron chi connectivity index (χ3n) is 2.94. The van der Waals surface area contributed by atoms with Crippen molar-refractivity contribution >= 4 is 11.9 Å². The second-order valence-electron chi connectivity index (χ2n) is 4.89. The predicted octanol–water partition coefficient (Wildman–Crippen LogP) is 0.960. The SMILES string of the molecule is C=C(C)CN(CC)C(=O)CN(CC(=O)O)C1CC1. The van der Waals surface area contributed by atoms with Crippen LogP contribution in [-0.2, 0) is 9.59 Å². The van der Waals surface area contributed by atoms with Crippen LogP contribution in [0.1, 0.15) is 26.7 Å². The van der Waals surface area contributed by atoms with Crippen molar-refractivity contribution < 1.29 is 14.7 Å². The first-order valence-corrected chi connectivity index (χ1v) is 6.32. The fourth-order valence-electron chi connectivity index (χ4n) is 1.90. The van der Waals surface area contributed by atoms with Gasteiger partial charge in [-0.2, -0.15) is 0 Å². The van der Waals surface area contributed by atoms with E-state index in [1.54, 1.807) is 9.80 Å². The van der Waals surface area contributed by atoms with Gasteiger partial charge in [-0.25, -0.2) is 0 Å². The summed E-state index contributed by atoms with van der Waals surface area (Å²) >= 11 is 0. The number of carbonyl (C=O) groups is 2. The Kier molecular flexibility index (Phi) is 5.34. The van der Waals surface area contributed by atoms with Crippen LogP contribution in [0, 0.1) is 0 Å². The number of hydrogen-bond donors (Lipinski definition) is 1. The van der Waals surface area contributed by atoms with Crippen molar-refractivity contribution in [3.8, 4) is 0 Å². The van der Waals surface area contributed by atoms with Crippen molar-refractivity contribution in [2.24, 2.45) is 0 Å². The van der Waals surface area contributed by atoms with E-state index in [1.165, 1.54) is 0 Å². The molecule has 0 aliphatic heterocycles. The van der Waals surface area contributed by atoms with Crippen molar-refractivity contribution in [1.29, 1.82) is 0 Å². The molecular formula is C13H22N2O3. The average molecular weight is 254 g/mol. The molecule has 1 saturated carbocycles. The molecule has 0 saturated heterocycles. The van der Waals surface area contributed by atoms with Gasteiger partial charge in [0, 0.05) is 19.1 Å². The zero-order chi connectivity index (χ0) is 13.7. The molecule has 0 aromatic heterocycles. The average Bonchev–Trinajstić information content (AvgIpc) is 3.07. The summed E-state index contributed by atoms with van der Waals surface area (Å²) in [4.78, 5) is 26.3. The lowest BCUT2D eigenvalue weighted by atomic mass is 10.3. The Balaban J connectivity index is 2.53. The zero-order valence-corrected chi connectivity index (χ0v) is 11.2. The first kappa shape index (κ1) is 14.7. The summed E-state index contributed by atoms with van der Waals surface area (Å²) in [6.45, 7) is 8.90. The minimum Gasteiger partial charge on any atom is -0.480 e. The van der Waals surface area contributed by atoms with Gasteiger partial charge >= 0.3 is 5.97 Å². The summed E-state index contributed by atoms with van der Waals surface area (Å²) in [5.74, 6) is -0.897. The summed E-state index contributed by atoms with van der Waals surface area (Å²) < 4.78 is 0. The molecule has 1 N–H and O–H groups in total. The highest BCUT2D eigenvalue weighted by atomic mass is 16.4. The van der Waals surface area contributed by atoms with Gasteiger partial charge in [-0.05, 0) is 26.7 Å². The topological polar surface area (TPSA) is 60.9 Å². The van der Waals surface area contributed by atoms with Crippen LogP contribution in [0.15, 0.2) is 12.2 Å². The quantitative estimate of drug-likeness (QED) is 0.655. The van der Waals surface area contributed by atoms with Crippen LogP contribution >= 0.6 is 0 Å². The molecule has 0 spiro atoms.